The Kier molecular flexibility index (Phi) is 4.86. The second kappa shape index (κ2) is 6.24. The molecule has 0 fully saturated rings. The van der Waals surface area contributed by atoms with Crippen molar-refractivity contribution in [3.05, 3.63) is 36.7 Å². The van der Waals surface area contributed by atoms with Crippen LogP contribution in [-0.2, 0) is 6.54 Å². The number of hydrogen-bond donors (Lipinski definition) is 1. The molecule has 3 nitrogen and oxygen atoms in total. The molecule has 1 N–H and O–H groups in total. The van der Waals surface area contributed by atoms with Gasteiger partial charge in [-0.2, -0.15) is 0 Å². The van der Waals surface area contributed by atoms with Gasteiger partial charge in [0.05, 0.1) is 29.5 Å². The van der Waals surface area contributed by atoms with E-state index in [1.54, 1.807) is 18.4 Å². The van der Waals surface area contributed by atoms with E-state index in [1.165, 1.54) is 4.88 Å². The number of rotatable bonds is 4. The average Bonchev–Trinajstić information content (AvgIpc) is 2.68. The van der Waals surface area contributed by atoms with Gasteiger partial charge in [-0.05, 0) is 51.8 Å². The van der Waals surface area contributed by atoms with Crippen molar-refractivity contribution in [3.63, 3.8) is 0 Å². The Morgan fingerprint density at radius 3 is 2.58 bits per heavy atom. The van der Waals surface area contributed by atoms with Crippen molar-refractivity contribution in [2.24, 2.45) is 0 Å². The van der Waals surface area contributed by atoms with E-state index in [0.29, 0.717) is 6.54 Å². The van der Waals surface area contributed by atoms with Crippen molar-refractivity contribution in [1.29, 1.82) is 0 Å². The highest BCUT2D eigenvalue weighted by Crippen LogP contribution is 2.34. The molecule has 0 spiro atoms. The van der Waals surface area contributed by atoms with Crippen molar-refractivity contribution in [2.75, 3.05) is 12.4 Å². The van der Waals surface area contributed by atoms with Crippen LogP contribution in [0.25, 0.3) is 0 Å². The summed E-state index contributed by atoms with van der Waals surface area (Å²) in [4.78, 5) is 5.78. The van der Waals surface area contributed by atoms with Gasteiger partial charge in [-0.15, -0.1) is 11.3 Å². The molecule has 0 aliphatic rings. The standard InChI is InChI=1S/C13H14Br2N2OS/c1-7-8(2)19-13(17-7)6-16-11-5-12(18-3)10(15)4-9(11)14/h4-5,16H,6H2,1-3H3. The van der Waals surface area contributed by atoms with Crippen molar-refractivity contribution in [1.82, 2.24) is 4.98 Å². The van der Waals surface area contributed by atoms with Crippen molar-refractivity contribution < 1.29 is 4.74 Å². The largest absolute Gasteiger partial charge is 0.495 e. The van der Waals surface area contributed by atoms with E-state index >= 15 is 0 Å². The summed E-state index contributed by atoms with van der Waals surface area (Å²) < 4.78 is 7.21. The molecule has 0 bridgehead atoms. The minimum absolute atomic E-state index is 0.711. The first kappa shape index (κ1) is 14.8. The van der Waals surface area contributed by atoms with Gasteiger partial charge in [0.15, 0.2) is 0 Å². The van der Waals surface area contributed by atoms with Crippen LogP contribution in [-0.4, -0.2) is 12.1 Å². The van der Waals surface area contributed by atoms with Crippen LogP contribution < -0.4 is 10.1 Å². The first-order valence-electron chi connectivity index (χ1n) is 5.71. The maximum atomic E-state index is 5.30. The van der Waals surface area contributed by atoms with Crippen LogP contribution in [0.2, 0.25) is 0 Å². The van der Waals surface area contributed by atoms with Crippen molar-refractivity contribution in [2.45, 2.75) is 20.4 Å². The highest BCUT2D eigenvalue weighted by molar-refractivity contribution is 9.11. The van der Waals surface area contributed by atoms with Gasteiger partial charge in [-0.3, -0.25) is 0 Å². The number of nitrogens with zero attached hydrogens (tertiary/aromatic N) is 1. The summed E-state index contributed by atoms with van der Waals surface area (Å²) >= 11 is 8.72. The Labute approximate surface area is 133 Å². The number of thiazole rings is 1. The third-order valence-corrected chi connectivity index (χ3v) is 5.09. The molecule has 1 aromatic heterocycles. The Morgan fingerprint density at radius 1 is 1.26 bits per heavy atom. The quantitative estimate of drug-likeness (QED) is 0.784. The summed E-state index contributed by atoms with van der Waals surface area (Å²) in [5.41, 5.74) is 2.10. The molecule has 0 unspecified atom stereocenters. The molecule has 19 heavy (non-hydrogen) atoms. The fraction of sp³-hybridized carbons (Fsp3) is 0.308. The summed E-state index contributed by atoms with van der Waals surface area (Å²) in [7, 11) is 1.66. The first-order chi connectivity index (χ1) is 9.01. The van der Waals surface area contributed by atoms with Crippen LogP contribution in [0.5, 0.6) is 5.75 Å². The highest BCUT2D eigenvalue weighted by Gasteiger charge is 2.08. The molecule has 0 aliphatic carbocycles. The SMILES string of the molecule is COc1cc(NCc2nc(C)c(C)s2)c(Br)cc1Br. The lowest BCUT2D eigenvalue weighted by Gasteiger charge is -2.10. The molecule has 0 saturated heterocycles. The molecule has 0 saturated carbocycles. The minimum Gasteiger partial charge on any atom is -0.495 e. The second-order valence-corrected chi connectivity index (χ2v) is 7.07. The van der Waals surface area contributed by atoms with Crippen molar-refractivity contribution in [3.8, 4) is 5.75 Å². The third kappa shape index (κ3) is 3.49. The smallest absolute Gasteiger partial charge is 0.135 e. The summed E-state index contributed by atoms with van der Waals surface area (Å²) in [5, 5.41) is 4.46. The topological polar surface area (TPSA) is 34.1 Å². The third-order valence-electron chi connectivity index (χ3n) is 2.74. The van der Waals surface area contributed by atoms with Gasteiger partial charge in [0, 0.05) is 15.4 Å². The summed E-state index contributed by atoms with van der Waals surface area (Å²) in [6, 6.07) is 3.93. The number of nitrogens with one attached hydrogen (secondary N) is 1. The second-order valence-electron chi connectivity index (χ2n) is 4.07. The zero-order chi connectivity index (χ0) is 14.0. The van der Waals surface area contributed by atoms with E-state index in [1.807, 2.05) is 19.1 Å². The van der Waals surface area contributed by atoms with Gasteiger partial charge in [-0.25, -0.2) is 4.98 Å². The Morgan fingerprint density at radius 2 is 2.00 bits per heavy atom. The molecule has 1 heterocycles. The molecule has 0 atom stereocenters. The lowest BCUT2D eigenvalue weighted by Crippen LogP contribution is -2.00. The number of halogens is 2. The maximum Gasteiger partial charge on any atom is 0.135 e. The van der Waals surface area contributed by atoms with Crippen LogP contribution >= 0.6 is 43.2 Å². The number of hydrogen-bond acceptors (Lipinski definition) is 4. The van der Waals surface area contributed by atoms with E-state index in [2.05, 4.69) is 49.1 Å². The number of ether oxygens (including phenoxy) is 1. The Hall–Kier alpha value is -0.590. The number of aryl methyl sites for hydroxylation is 2. The fourth-order valence-electron chi connectivity index (χ4n) is 1.61. The van der Waals surface area contributed by atoms with Gasteiger partial charge in [-0.1, -0.05) is 0 Å². The number of methoxy groups -OCH3 is 1. The first-order valence-corrected chi connectivity index (χ1v) is 8.11. The van der Waals surface area contributed by atoms with Gasteiger partial charge < -0.3 is 10.1 Å². The van der Waals surface area contributed by atoms with Crippen LogP contribution in [0.1, 0.15) is 15.6 Å². The summed E-state index contributed by atoms with van der Waals surface area (Å²) in [6.45, 7) is 4.84. The monoisotopic (exact) mass is 404 g/mol. The highest BCUT2D eigenvalue weighted by atomic mass is 79.9. The van der Waals surface area contributed by atoms with E-state index in [4.69, 9.17) is 4.74 Å². The molecular weight excluding hydrogens is 392 g/mol. The molecule has 1 aromatic carbocycles. The average molecular weight is 406 g/mol. The van der Waals surface area contributed by atoms with E-state index in [9.17, 15) is 0 Å². The summed E-state index contributed by atoms with van der Waals surface area (Å²) in [5.74, 6) is 0.803. The maximum absolute atomic E-state index is 5.30. The molecule has 2 aromatic rings. The lowest BCUT2D eigenvalue weighted by molar-refractivity contribution is 0.412. The van der Waals surface area contributed by atoms with Crippen LogP contribution in [0.3, 0.4) is 0 Å². The van der Waals surface area contributed by atoms with E-state index in [-0.39, 0.29) is 0 Å². The van der Waals surface area contributed by atoms with Crippen LogP contribution in [0.4, 0.5) is 5.69 Å². The lowest BCUT2D eigenvalue weighted by atomic mass is 10.3. The zero-order valence-electron chi connectivity index (χ0n) is 10.9. The molecule has 0 radical (unpaired) electrons. The normalized spacial score (nSPS) is 10.6. The number of benzene rings is 1. The van der Waals surface area contributed by atoms with Gasteiger partial charge in [0.1, 0.15) is 10.8 Å². The zero-order valence-corrected chi connectivity index (χ0v) is 14.9. The Bertz CT molecular complexity index is 579. The predicted molar refractivity (Wildman–Crippen MR) is 87.3 cm³/mol. The molecule has 0 aliphatic heterocycles. The number of aromatic nitrogens is 1. The molecule has 0 amide bonds. The molecule has 2 rings (SSSR count). The van der Waals surface area contributed by atoms with Crippen molar-refractivity contribution >= 4 is 48.9 Å². The van der Waals surface area contributed by atoms with Crippen LogP contribution in [0.15, 0.2) is 21.1 Å². The number of anilines is 1. The Balaban J connectivity index is 2.15. The molecule has 102 valence electrons. The van der Waals surface area contributed by atoms with E-state index < -0.39 is 0 Å². The molecular formula is C13H14Br2N2OS. The van der Waals surface area contributed by atoms with Gasteiger partial charge in [0.25, 0.3) is 0 Å². The predicted octanol–water partition coefficient (Wildman–Crippen LogP) is 4.91. The van der Waals surface area contributed by atoms with Gasteiger partial charge >= 0.3 is 0 Å². The van der Waals surface area contributed by atoms with Crippen LogP contribution in [0, 0.1) is 13.8 Å². The molecule has 6 heteroatoms. The minimum atomic E-state index is 0.711. The fourth-order valence-corrected chi connectivity index (χ4v) is 3.78. The van der Waals surface area contributed by atoms with Gasteiger partial charge in [0.2, 0.25) is 0 Å². The van der Waals surface area contributed by atoms with E-state index in [0.717, 1.165) is 31.1 Å². The summed E-state index contributed by atoms with van der Waals surface area (Å²) in [6.07, 6.45) is 0.